The largest absolute Gasteiger partial charge is 0.484 e. The van der Waals surface area contributed by atoms with Crippen LogP contribution in [0.2, 0.25) is 0 Å². The van der Waals surface area contributed by atoms with E-state index in [1.165, 1.54) is 0 Å². The van der Waals surface area contributed by atoms with E-state index in [0.717, 1.165) is 9.26 Å². The second-order valence-electron chi connectivity index (χ2n) is 3.92. The van der Waals surface area contributed by atoms with E-state index in [1.54, 1.807) is 24.3 Å². The lowest BCUT2D eigenvalue weighted by atomic mass is 10.3. The Labute approximate surface area is 125 Å². The van der Waals surface area contributed by atoms with Crippen molar-refractivity contribution in [3.05, 3.63) is 52.1 Å². The first-order valence-electron chi connectivity index (χ1n) is 5.67. The van der Waals surface area contributed by atoms with Crippen LogP contribution < -0.4 is 15.8 Å². The minimum atomic E-state index is -0.204. The second-order valence-corrected chi connectivity index (χ2v) is 5.17. The molecule has 0 radical (unpaired) electrons. The van der Waals surface area contributed by atoms with Crippen LogP contribution in [0.1, 0.15) is 0 Å². The number of carbonyl (C=O) groups is 1. The van der Waals surface area contributed by atoms with Crippen molar-refractivity contribution in [2.75, 3.05) is 17.7 Å². The monoisotopic (exact) mass is 368 g/mol. The Hall–Kier alpha value is -1.76. The molecule has 0 saturated heterocycles. The van der Waals surface area contributed by atoms with Crippen molar-refractivity contribution in [3.8, 4) is 5.75 Å². The van der Waals surface area contributed by atoms with Crippen LogP contribution in [0.25, 0.3) is 0 Å². The van der Waals surface area contributed by atoms with Gasteiger partial charge in [-0.3, -0.25) is 4.79 Å². The fourth-order valence-corrected chi connectivity index (χ4v) is 2.06. The normalized spacial score (nSPS) is 9.95. The molecule has 4 nitrogen and oxygen atoms in total. The Bertz CT molecular complexity index is 587. The molecule has 3 N–H and O–H groups in total. The second kappa shape index (κ2) is 6.42. The molecule has 1 amide bonds. The number of halogens is 1. The smallest absolute Gasteiger partial charge is 0.262 e. The topological polar surface area (TPSA) is 64.3 Å². The molecule has 2 aromatic carbocycles. The van der Waals surface area contributed by atoms with Crippen LogP contribution in [0, 0.1) is 3.57 Å². The van der Waals surface area contributed by atoms with Crippen molar-refractivity contribution in [2.24, 2.45) is 0 Å². The quantitative estimate of drug-likeness (QED) is 0.645. The van der Waals surface area contributed by atoms with Gasteiger partial charge in [-0.05, 0) is 52.9 Å². The summed E-state index contributed by atoms with van der Waals surface area (Å²) >= 11 is 2.19. The van der Waals surface area contributed by atoms with Crippen LogP contribution in [0.3, 0.4) is 0 Å². The molecule has 2 rings (SSSR count). The zero-order valence-electron chi connectivity index (χ0n) is 10.1. The van der Waals surface area contributed by atoms with Gasteiger partial charge in [0.25, 0.3) is 5.91 Å². The van der Waals surface area contributed by atoms with Gasteiger partial charge in [-0.15, -0.1) is 0 Å². The summed E-state index contributed by atoms with van der Waals surface area (Å²) in [5.74, 6) is 0.377. The summed E-state index contributed by atoms with van der Waals surface area (Å²) < 4.78 is 6.42. The number of anilines is 2. The summed E-state index contributed by atoms with van der Waals surface area (Å²) in [5, 5.41) is 2.77. The van der Waals surface area contributed by atoms with Gasteiger partial charge >= 0.3 is 0 Å². The minimum Gasteiger partial charge on any atom is -0.484 e. The average molecular weight is 368 g/mol. The van der Waals surface area contributed by atoms with E-state index < -0.39 is 0 Å². The van der Waals surface area contributed by atoms with Crippen molar-refractivity contribution >= 4 is 39.9 Å². The first kappa shape index (κ1) is 13.7. The molecule has 0 fully saturated rings. The molecule has 0 bridgehead atoms. The zero-order valence-corrected chi connectivity index (χ0v) is 12.3. The molecule has 0 heterocycles. The number of hydrogen-bond donors (Lipinski definition) is 2. The highest BCUT2D eigenvalue weighted by atomic mass is 127. The SMILES string of the molecule is Nc1cccc(OCC(=O)Nc2cccc(I)c2)c1. The Morgan fingerprint density at radius 1 is 1.21 bits per heavy atom. The first-order valence-corrected chi connectivity index (χ1v) is 6.75. The predicted octanol–water partition coefficient (Wildman–Crippen LogP) is 2.89. The van der Waals surface area contributed by atoms with E-state index in [1.807, 2.05) is 24.3 Å². The Morgan fingerprint density at radius 3 is 2.74 bits per heavy atom. The molecular formula is C14H13IN2O2. The van der Waals surface area contributed by atoms with Gasteiger partial charge in [0.1, 0.15) is 5.75 Å². The molecule has 19 heavy (non-hydrogen) atoms. The Morgan fingerprint density at radius 2 is 2.00 bits per heavy atom. The number of nitrogens with one attached hydrogen (secondary N) is 1. The third-order valence-electron chi connectivity index (χ3n) is 2.34. The molecule has 0 aromatic heterocycles. The van der Waals surface area contributed by atoms with E-state index in [4.69, 9.17) is 10.5 Å². The molecule has 2 aromatic rings. The van der Waals surface area contributed by atoms with Gasteiger partial charge in [-0.2, -0.15) is 0 Å². The third kappa shape index (κ3) is 4.44. The average Bonchev–Trinajstić information content (AvgIpc) is 2.36. The van der Waals surface area contributed by atoms with Gasteiger partial charge < -0.3 is 15.8 Å². The van der Waals surface area contributed by atoms with Crippen LogP contribution in [0.15, 0.2) is 48.5 Å². The summed E-state index contributed by atoms with van der Waals surface area (Å²) in [6.45, 7) is -0.0467. The van der Waals surface area contributed by atoms with Crippen LogP contribution in [0.4, 0.5) is 11.4 Å². The van der Waals surface area contributed by atoms with Gasteiger partial charge in [0, 0.05) is 21.0 Å². The lowest BCUT2D eigenvalue weighted by molar-refractivity contribution is -0.118. The van der Waals surface area contributed by atoms with E-state index >= 15 is 0 Å². The van der Waals surface area contributed by atoms with Gasteiger partial charge in [0.05, 0.1) is 0 Å². The van der Waals surface area contributed by atoms with E-state index in [2.05, 4.69) is 27.9 Å². The molecule has 0 atom stereocenters. The standard InChI is InChI=1S/C14H13IN2O2/c15-10-3-1-5-12(7-10)17-14(18)9-19-13-6-2-4-11(16)8-13/h1-8H,9,16H2,(H,17,18). The molecular weight excluding hydrogens is 355 g/mol. The van der Waals surface area contributed by atoms with Gasteiger partial charge in [0.15, 0.2) is 6.61 Å². The minimum absolute atomic E-state index is 0.0467. The summed E-state index contributed by atoms with van der Waals surface area (Å²) in [7, 11) is 0. The zero-order chi connectivity index (χ0) is 13.7. The maximum absolute atomic E-state index is 11.7. The highest BCUT2D eigenvalue weighted by Crippen LogP contribution is 2.15. The van der Waals surface area contributed by atoms with Crippen molar-refractivity contribution < 1.29 is 9.53 Å². The molecule has 0 aliphatic rings. The number of nitrogens with two attached hydrogens (primary N) is 1. The van der Waals surface area contributed by atoms with Gasteiger partial charge in [-0.25, -0.2) is 0 Å². The van der Waals surface area contributed by atoms with Crippen molar-refractivity contribution in [2.45, 2.75) is 0 Å². The summed E-state index contributed by atoms with van der Waals surface area (Å²) in [6, 6.07) is 14.5. The van der Waals surface area contributed by atoms with Crippen molar-refractivity contribution in [1.29, 1.82) is 0 Å². The summed E-state index contributed by atoms with van der Waals surface area (Å²) in [6.07, 6.45) is 0. The van der Waals surface area contributed by atoms with Crippen LogP contribution in [-0.4, -0.2) is 12.5 Å². The lowest BCUT2D eigenvalue weighted by Crippen LogP contribution is -2.20. The number of ether oxygens (including phenoxy) is 1. The number of rotatable bonds is 4. The Kier molecular flexibility index (Phi) is 4.62. The van der Waals surface area contributed by atoms with Gasteiger partial charge in [0.2, 0.25) is 0 Å². The molecule has 0 spiro atoms. The van der Waals surface area contributed by atoms with Crippen LogP contribution in [-0.2, 0) is 4.79 Å². The summed E-state index contributed by atoms with van der Waals surface area (Å²) in [4.78, 5) is 11.7. The van der Waals surface area contributed by atoms with Crippen LogP contribution >= 0.6 is 22.6 Å². The predicted molar refractivity (Wildman–Crippen MR) is 84.1 cm³/mol. The number of hydrogen-bond acceptors (Lipinski definition) is 3. The molecule has 0 aliphatic carbocycles. The maximum Gasteiger partial charge on any atom is 0.262 e. The molecule has 98 valence electrons. The van der Waals surface area contributed by atoms with Crippen molar-refractivity contribution in [1.82, 2.24) is 0 Å². The summed E-state index contributed by atoms with van der Waals surface area (Å²) in [5.41, 5.74) is 6.99. The fourth-order valence-electron chi connectivity index (χ4n) is 1.52. The highest BCUT2D eigenvalue weighted by Gasteiger charge is 2.04. The molecule has 0 saturated carbocycles. The van der Waals surface area contributed by atoms with E-state index in [0.29, 0.717) is 11.4 Å². The van der Waals surface area contributed by atoms with E-state index in [9.17, 15) is 4.79 Å². The molecule has 0 unspecified atom stereocenters. The van der Waals surface area contributed by atoms with E-state index in [-0.39, 0.29) is 12.5 Å². The highest BCUT2D eigenvalue weighted by molar-refractivity contribution is 14.1. The maximum atomic E-state index is 11.7. The Balaban J connectivity index is 1.88. The lowest BCUT2D eigenvalue weighted by Gasteiger charge is -2.08. The number of amides is 1. The fraction of sp³-hybridized carbons (Fsp3) is 0.0714. The van der Waals surface area contributed by atoms with Crippen LogP contribution in [0.5, 0.6) is 5.75 Å². The van der Waals surface area contributed by atoms with Crippen molar-refractivity contribution in [3.63, 3.8) is 0 Å². The number of carbonyl (C=O) groups excluding carboxylic acids is 1. The number of benzene rings is 2. The third-order valence-corrected chi connectivity index (χ3v) is 3.01. The van der Waals surface area contributed by atoms with Gasteiger partial charge in [-0.1, -0.05) is 12.1 Å². The first-order chi connectivity index (χ1) is 9.13. The number of nitrogen functional groups attached to an aromatic ring is 1. The molecule has 5 heteroatoms. The molecule has 0 aliphatic heterocycles.